The SMILES string of the molecule is Cc1cccc2cc(CC3(N)C=CNC(N)=N3)c(-c3ccccc3Cl)nc12. The first-order valence-corrected chi connectivity index (χ1v) is 9.06. The summed E-state index contributed by atoms with van der Waals surface area (Å²) in [5.41, 5.74) is 16.1. The number of aliphatic imine (C=N–C) groups is 1. The number of aryl methyl sites for hydroxylation is 1. The van der Waals surface area contributed by atoms with Gasteiger partial charge in [-0.05, 0) is 36.3 Å². The van der Waals surface area contributed by atoms with Crippen LogP contribution in [0.15, 0.2) is 65.8 Å². The number of hydrogen-bond acceptors (Lipinski definition) is 5. The Kier molecular flexibility index (Phi) is 4.34. The lowest BCUT2D eigenvalue weighted by Gasteiger charge is -2.26. The van der Waals surface area contributed by atoms with Crippen molar-refractivity contribution in [1.29, 1.82) is 0 Å². The summed E-state index contributed by atoms with van der Waals surface area (Å²) in [4.78, 5) is 9.34. The fourth-order valence-electron chi connectivity index (χ4n) is 3.38. The molecule has 5 N–H and O–H groups in total. The number of para-hydroxylation sites is 1. The van der Waals surface area contributed by atoms with Gasteiger partial charge in [-0.2, -0.15) is 0 Å². The molecule has 1 atom stereocenters. The molecule has 0 aliphatic carbocycles. The van der Waals surface area contributed by atoms with Gasteiger partial charge in [-0.3, -0.25) is 0 Å². The van der Waals surface area contributed by atoms with Crippen LogP contribution in [0.5, 0.6) is 0 Å². The number of aromatic nitrogens is 1. The molecule has 0 amide bonds. The Balaban J connectivity index is 1.93. The van der Waals surface area contributed by atoms with Gasteiger partial charge in [-0.1, -0.05) is 48.0 Å². The van der Waals surface area contributed by atoms with E-state index in [-0.39, 0.29) is 0 Å². The lowest BCUT2D eigenvalue weighted by molar-refractivity contribution is 0.542. The van der Waals surface area contributed by atoms with E-state index in [4.69, 9.17) is 28.1 Å². The van der Waals surface area contributed by atoms with Crippen LogP contribution >= 0.6 is 11.6 Å². The van der Waals surface area contributed by atoms with Crippen LogP contribution in [0.3, 0.4) is 0 Å². The molecule has 2 heterocycles. The second-order valence-corrected chi connectivity index (χ2v) is 7.17. The van der Waals surface area contributed by atoms with E-state index < -0.39 is 5.66 Å². The molecule has 0 spiro atoms. The summed E-state index contributed by atoms with van der Waals surface area (Å²) in [6.45, 7) is 2.05. The Bertz CT molecular complexity index is 1090. The first-order valence-electron chi connectivity index (χ1n) is 8.68. The minimum atomic E-state index is -0.940. The molecule has 4 rings (SSSR count). The van der Waals surface area contributed by atoms with Gasteiger partial charge in [0.25, 0.3) is 0 Å². The van der Waals surface area contributed by atoms with Crippen LogP contribution in [-0.4, -0.2) is 16.6 Å². The predicted octanol–water partition coefficient (Wildman–Crippen LogP) is 3.49. The van der Waals surface area contributed by atoms with E-state index in [1.165, 1.54) is 0 Å². The Morgan fingerprint density at radius 2 is 1.96 bits per heavy atom. The third kappa shape index (κ3) is 3.39. The molecule has 1 aromatic heterocycles. The number of rotatable bonds is 3. The summed E-state index contributed by atoms with van der Waals surface area (Å²) in [6, 6.07) is 15.9. The molecule has 3 aromatic rings. The van der Waals surface area contributed by atoms with Crippen molar-refractivity contribution in [3.63, 3.8) is 0 Å². The average molecular weight is 378 g/mol. The zero-order chi connectivity index (χ0) is 19.0. The van der Waals surface area contributed by atoms with E-state index in [1.54, 1.807) is 12.3 Å². The highest BCUT2D eigenvalue weighted by Gasteiger charge is 2.26. The number of guanidine groups is 1. The molecule has 5 nitrogen and oxygen atoms in total. The van der Waals surface area contributed by atoms with Crippen molar-refractivity contribution in [2.75, 3.05) is 0 Å². The predicted molar refractivity (Wildman–Crippen MR) is 111 cm³/mol. The minimum absolute atomic E-state index is 0.295. The van der Waals surface area contributed by atoms with Crippen LogP contribution in [0.25, 0.3) is 22.2 Å². The maximum atomic E-state index is 6.49. The first-order chi connectivity index (χ1) is 13.0. The quantitative estimate of drug-likeness (QED) is 0.651. The van der Waals surface area contributed by atoms with Crippen molar-refractivity contribution < 1.29 is 0 Å². The molecule has 0 saturated heterocycles. The van der Waals surface area contributed by atoms with Gasteiger partial charge in [-0.25, -0.2) is 9.98 Å². The van der Waals surface area contributed by atoms with Crippen molar-refractivity contribution in [3.8, 4) is 11.3 Å². The molecule has 27 heavy (non-hydrogen) atoms. The van der Waals surface area contributed by atoms with Gasteiger partial charge in [0.15, 0.2) is 5.96 Å². The molecular weight excluding hydrogens is 358 g/mol. The monoisotopic (exact) mass is 377 g/mol. The summed E-state index contributed by atoms with van der Waals surface area (Å²) < 4.78 is 0. The normalized spacial score (nSPS) is 19.0. The molecule has 0 bridgehead atoms. The minimum Gasteiger partial charge on any atom is -0.370 e. The lowest BCUT2D eigenvalue weighted by Crippen LogP contribution is -2.46. The highest BCUT2D eigenvalue weighted by Crippen LogP contribution is 2.33. The fourth-order valence-corrected chi connectivity index (χ4v) is 3.61. The van der Waals surface area contributed by atoms with Crippen molar-refractivity contribution in [2.45, 2.75) is 19.0 Å². The van der Waals surface area contributed by atoms with Crippen LogP contribution in [0, 0.1) is 6.92 Å². The number of hydrogen-bond donors (Lipinski definition) is 3. The maximum Gasteiger partial charge on any atom is 0.194 e. The van der Waals surface area contributed by atoms with E-state index in [0.29, 0.717) is 17.4 Å². The molecule has 1 aliphatic heterocycles. The van der Waals surface area contributed by atoms with Gasteiger partial charge in [0.05, 0.1) is 11.2 Å². The lowest BCUT2D eigenvalue weighted by atomic mass is 9.94. The van der Waals surface area contributed by atoms with Gasteiger partial charge >= 0.3 is 0 Å². The zero-order valence-corrected chi connectivity index (χ0v) is 15.7. The van der Waals surface area contributed by atoms with Crippen molar-refractivity contribution in [3.05, 3.63) is 77.0 Å². The van der Waals surface area contributed by atoms with Crippen LogP contribution < -0.4 is 16.8 Å². The Labute approximate surface area is 162 Å². The molecule has 136 valence electrons. The number of nitrogens with two attached hydrogens (primary N) is 2. The third-order valence-electron chi connectivity index (χ3n) is 4.66. The third-order valence-corrected chi connectivity index (χ3v) is 4.99. The number of nitrogens with one attached hydrogen (secondary N) is 1. The van der Waals surface area contributed by atoms with Crippen LogP contribution in [0.2, 0.25) is 5.02 Å². The highest BCUT2D eigenvalue weighted by molar-refractivity contribution is 6.33. The number of pyridine rings is 1. The van der Waals surface area contributed by atoms with Crippen LogP contribution in [0.1, 0.15) is 11.1 Å². The molecule has 2 aromatic carbocycles. The topological polar surface area (TPSA) is 89.3 Å². The number of nitrogens with zero attached hydrogens (tertiary/aromatic N) is 2. The van der Waals surface area contributed by atoms with Crippen LogP contribution in [0.4, 0.5) is 0 Å². The van der Waals surface area contributed by atoms with E-state index in [2.05, 4.69) is 29.4 Å². The van der Waals surface area contributed by atoms with E-state index in [0.717, 1.165) is 33.3 Å². The fraction of sp³-hybridized carbons (Fsp3) is 0.143. The Morgan fingerprint density at radius 1 is 1.15 bits per heavy atom. The summed E-state index contributed by atoms with van der Waals surface area (Å²) in [7, 11) is 0. The smallest absolute Gasteiger partial charge is 0.194 e. The van der Waals surface area contributed by atoms with Crippen molar-refractivity contribution in [1.82, 2.24) is 10.3 Å². The summed E-state index contributed by atoms with van der Waals surface area (Å²) in [5, 5.41) is 4.55. The van der Waals surface area contributed by atoms with E-state index in [1.807, 2.05) is 36.4 Å². The molecule has 0 radical (unpaired) electrons. The van der Waals surface area contributed by atoms with Crippen molar-refractivity contribution in [2.24, 2.45) is 16.5 Å². The zero-order valence-electron chi connectivity index (χ0n) is 14.9. The number of halogens is 1. The average Bonchev–Trinajstić information content (AvgIpc) is 2.62. The molecule has 6 heteroatoms. The maximum absolute atomic E-state index is 6.49. The molecule has 1 aliphatic rings. The van der Waals surface area contributed by atoms with Crippen LogP contribution in [-0.2, 0) is 6.42 Å². The first kappa shape index (κ1) is 17.5. The largest absolute Gasteiger partial charge is 0.370 e. The number of fused-ring (bicyclic) bond motifs is 1. The van der Waals surface area contributed by atoms with Crippen molar-refractivity contribution >= 4 is 28.5 Å². The number of benzene rings is 2. The standard InChI is InChI=1S/C21H20ClN5/c1-13-5-4-6-14-11-15(12-21(24)9-10-25-20(23)27-21)19(26-18(13)14)16-7-2-3-8-17(16)22/h2-11H,12,24H2,1H3,(H3,23,25,27). The summed E-state index contributed by atoms with van der Waals surface area (Å²) in [6.07, 6.45) is 3.97. The molecule has 0 fully saturated rings. The van der Waals surface area contributed by atoms with E-state index in [9.17, 15) is 0 Å². The molecule has 0 saturated carbocycles. The van der Waals surface area contributed by atoms with Gasteiger partial charge in [0.1, 0.15) is 5.66 Å². The van der Waals surface area contributed by atoms with Gasteiger partial charge in [-0.15, -0.1) is 0 Å². The molecular formula is C21H20ClN5. The van der Waals surface area contributed by atoms with Gasteiger partial charge < -0.3 is 16.8 Å². The second-order valence-electron chi connectivity index (χ2n) is 6.77. The van der Waals surface area contributed by atoms with E-state index >= 15 is 0 Å². The van der Waals surface area contributed by atoms with Gasteiger partial charge in [0, 0.05) is 28.6 Å². The Morgan fingerprint density at radius 3 is 2.74 bits per heavy atom. The molecule has 1 unspecified atom stereocenters. The highest BCUT2D eigenvalue weighted by atomic mass is 35.5. The Hall–Kier alpha value is -2.89. The summed E-state index contributed by atoms with van der Waals surface area (Å²) in [5.74, 6) is 0.295. The van der Waals surface area contributed by atoms with Gasteiger partial charge in [0.2, 0.25) is 0 Å². The second kappa shape index (κ2) is 6.68. The summed E-state index contributed by atoms with van der Waals surface area (Å²) >= 11 is 6.48.